The van der Waals surface area contributed by atoms with Crippen LogP contribution in [0.25, 0.3) is 0 Å². The van der Waals surface area contributed by atoms with Crippen molar-refractivity contribution in [3.05, 3.63) is 23.8 Å². The number of benzene rings is 1. The van der Waals surface area contributed by atoms with Crippen LogP contribution in [0.1, 0.15) is 44.3 Å². The zero-order valence-electron chi connectivity index (χ0n) is 12.7. The van der Waals surface area contributed by atoms with Gasteiger partial charge in [-0.05, 0) is 36.5 Å². The van der Waals surface area contributed by atoms with Crippen LogP contribution in [0.15, 0.2) is 18.2 Å². The third-order valence-electron chi connectivity index (χ3n) is 4.96. The highest BCUT2D eigenvalue weighted by Gasteiger charge is 2.43. The van der Waals surface area contributed by atoms with Gasteiger partial charge >= 0.3 is 0 Å². The van der Waals surface area contributed by atoms with Gasteiger partial charge in [0.25, 0.3) is 0 Å². The Morgan fingerprint density at radius 1 is 1.33 bits per heavy atom. The van der Waals surface area contributed by atoms with Gasteiger partial charge in [0.05, 0.1) is 19.3 Å². The fourth-order valence-electron chi connectivity index (χ4n) is 3.68. The summed E-state index contributed by atoms with van der Waals surface area (Å²) in [6.07, 6.45) is 3.46. The molecule has 21 heavy (non-hydrogen) atoms. The average molecular weight is 291 g/mol. The Labute approximate surface area is 126 Å². The molecule has 3 rings (SSSR count). The Morgan fingerprint density at radius 2 is 2.10 bits per heavy atom. The number of aliphatic hydroxyl groups is 1. The third-order valence-corrected chi connectivity index (χ3v) is 4.96. The summed E-state index contributed by atoms with van der Waals surface area (Å²) in [7, 11) is 0. The molecular weight excluding hydrogens is 266 g/mol. The van der Waals surface area contributed by atoms with Gasteiger partial charge in [0, 0.05) is 18.4 Å². The number of fused-ring (bicyclic) bond motifs is 1. The lowest BCUT2D eigenvalue weighted by Gasteiger charge is -2.33. The van der Waals surface area contributed by atoms with E-state index in [9.17, 15) is 5.11 Å². The van der Waals surface area contributed by atoms with Crippen molar-refractivity contribution in [2.75, 3.05) is 19.8 Å². The Hall–Kier alpha value is -1.26. The molecule has 1 aliphatic carbocycles. The van der Waals surface area contributed by atoms with Crippen LogP contribution in [0.4, 0.5) is 0 Å². The van der Waals surface area contributed by atoms with Crippen LogP contribution in [0.5, 0.6) is 11.5 Å². The maximum absolute atomic E-state index is 10.9. The van der Waals surface area contributed by atoms with Crippen LogP contribution in [-0.2, 0) is 0 Å². The molecule has 1 aromatic rings. The molecule has 116 valence electrons. The minimum atomic E-state index is -0.537. The number of ether oxygens (including phenoxy) is 2. The molecule has 4 nitrogen and oxygen atoms in total. The molecule has 1 saturated carbocycles. The van der Waals surface area contributed by atoms with Crippen molar-refractivity contribution in [1.82, 2.24) is 0 Å². The fraction of sp³-hybridized carbons (Fsp3) is 0.647. The van der Waals surface area contributed by atoms with Crippen LogP contribution < -0.4 is 15.2 Å². The molecule has 1 aromatic carbocycles. The first-order valence-electron chi connectivity index (χ1n) is 7.92. The Bertz CT molecular complexity index is 505. The van der Waals surface area contributed by atoms with Crippen molar-refractivity contribution in [2.45, 2.75) is 38.7 Å². The second-order valence-corrected chi connectivity index (χ2v) is 6.57. The van der Waals surface area contributed by atoms with Gasteiger partial charge in [-0.2, -0.15) is 0 Å². The third kappa shape index (κ3) is 2.74. The van der Waals surface area contributed by atoms with E-state index < -0.39 is 6.10 Å². The second-order valence-electron chi connectivity index (χ2n) is 6.57. The van der Waals surface area contributed by atoms with Crippen molar-refractivity contribution in [3.63, 3.8) is 0 Å². The molecule has 2 aliphatic rings. The minimum Gasteiger partial charge on any atom is -0.490 e. The van der Waals surface area contributed by atoms with E-state index in [2.05, 4.69) is 6.92 Å². The lowest BCUT2D eigenvalue weighted by atomic mass is 9.76. The number of hydrogen-bond acceptors (Lipinski definition) is 4. The maximum Gasteiger partial charge on any atom is 0.161 e. The molecule has 0 aromatic heterocycles. The Balaban J connectivity index is 1.87. The average Bonchev–Trinajstić information content (AvgIpc) is 2.74. The van der Waals surface area contributed by atoms with Crippen molar-refractivity contribution in [1.29, 1.82) is 0 Å². The highest BCUT2D eigenvalue weighted by Crippen LogP contribution is 2.50. The van der Waals surface area contributed by atoms with E-state index in [1.54, 1.807) is 0 Å². The standard InChI is InChI=1S/C17H25NO3/c1-12-5-6-17(10-12,11-18)16(19)13-3-4-14-15(9-13)21-8-2-7-20-14/h3-4,9,12,16,19H,2,5-8,10-11,18H2,1H3. The summed E-state index contributed by atoms with van der Waals surface area (Å²) in [6.45, 7) is 4.09. The summed E-state index contributed by atoms with van der Waals surface area (Å²) >= 11 is 0. The Kier molecular flexibility index (Phi) is 4.09. The van der Waals surface area contributed by atoms with Crippen molar-refractivity contribution >= 4 is 0 Å². The van der Waals surface area contributed by atoms with Crippen LogP contribution in [0.2, 0.25) is 0 Å². The number of rotatable bonds is 3. The summed E-state index contributed by atoms with van der Waals surface area (Å²) in [5, 5.41) is 10.9. The van der Waals surface area contributed by atoms with Crippen molar-refractivity contribution in [3.8, 4) is 11.5 Å². The van der Waals surface area contributed by atoms with Gasteiger partial charge in [-0.1, -0.05) is 19.4 Å². The normalized spacial score (nSPS) is 30.0. The first-order chi connectivity index (χ1) is 10.1. The molecule has 1 fully saturated rings. The maximum atomic E-state index is 10.9. The zero-order chi connectivity index (χ0) is 14.9. The zero-order valence-corrected chi connectivity index (χ0v) is 12.7. The van der Waals surface area contributed by atoms with Crippen molar-refractivity contribution < 1.29 is 14.6 Å². The molecule has 0 spiro atoms. The summed E-state index contributed by atoms with van der Waals surface area (Å²) in [5.74, 6) is 2.14. The predicted octanol–water partition coefficient (Wildman–Crippen LogP) is 2.65. The lowest BCUT2D eigenvalue weighted by Crippen LogP contribution is -2.34. The van der Waals surface area contributed by atoms with E-state index in [1.807, 2.05) is 18.2 Å². The summed E-state index contributed by atoms with van der Waals surface area (Å²) in [4.78, 5) is 0. The second kappa shape index (κ2) is 5.85. The van der Waals surface area contributed by atoms with Gasteiger partial charge in [-0.3, -0.25) is 0 Å². The Morgan fingerprint density at radius 3 is 2.76 bits per heavy atom. The van der Waals surface area contributed by atoms with E-state index in [4.69, 9.17) is 15.2 Å². The monoisotopic (exact) mass is 291 g/mol. The fourth-order valence-corrected chi connectivity index (χ4v) is 3.68. The highest BCUT2D eigenvalue weighted by atomic mass is 16.5. The van der Waals surface area contributed by atoms with Gasteiger partial charge in [-0.15, -0.1) is 0 Å². The minimum absolute atomic E-state index is 0.195. The predicted molar refractivity (Wildman–Crippen MR) is 81.5 cm³/mol. The topological polar surface area (TPSA) is 64.7 Å². The smallest absolute Gasteiger partial charge is 0.161 e. The molecule has 1 aliphatic heterocycles. The van der Waals surface area contributed by atoms with Gasteiger partial charge in [0.1, 0.15) is 0 Å². The molecule has 0 amide bonds. The van der Waals surface area contributed by atoms with Crippen LogP contribution in [0, 0.1) is 11.3 Å². The number of hydrogen-bond donors (Lipinski definition) is 2. The largest absolute Gasteiger partial charge is 0.490 e. The first-order valence-corrected chi connectivity index (χ1v) is 7.92. The van der Waals surface area contributed by atoms with E-state index in [-0.39, 0.29) is 5.41 Å². The lowest BCUT2D eigenvalue weighted by molar-refractivity contribution is 0.0306. The van der Waals surface area contributed by atoms with Gasteiger partial charge < -0.3 is 20.3 Å². The summed E-state index contributed by atoms with van der Waals surface area (Å²) < 4.78 is 11.4. The van der Waals surface area contributed by atoms with E-state index in [1.165, 1.54) is 0 Å². The number of aliphatic hydroxyl groups excluding tert-OH is 1. The van der Waals surface area contributed by atoms with Gasteiger partial charge in [-0.25, -0.2) is 0 Å². The van der Waals surface area contributed by atoms with E-state index >= 15 is 0 Å². The summed E-state index contributed by atoms with van der Waals surface area (Å²) in [5.41, 5.74) is 6.71. The molecule has 0 saturated heterocycles. The highest BCUT2D eigenvalue weighted by molar-refractivity contribution is 5.44. The van der Waals surface area contributed by atoms with Crippen LogP contribution in [-0.4, -0.2) is 24.9 Å². The molecule has 0 bridgehead atoms. The van der Waals surface area contributed by atoms with Gasteiger partial charge in [0.2, 0.25) is 0 Å². The number of nitrogens with two attached hydrogens (primary N) is 1. The summed E-state index contributed by atoms with van der Waals surface area (Å²) in [6, 6.07) is 5.77. The molecule has 3 atom stereocenters. The van der Waals surface area contributed by atoms with Crippen LogP contribution in [0.3, 0.4) is 0 Å². The molecule has 1 heterocycles. The quantitative estimate of drug-likeness (QED) is 0.898. The molecule has 3 unspecified atom stereocenters. The van der Waals surface area contributed by atoms with E-state index in [0.717, 1.165) is 42.7 Å². The van der Waals surface area contributed by atoms with Crippen molar-refractivity contribution in [2.24, 2.45) is 17.1 Å². The SMILES string of the molecule is CC1CCC(CN)(C(O)c2ccc3c(c2)OCCCO3)C1. The molecular formula is C17H25NO3. The van der Waals surface area contributed by atoms with E-state index in [0.29, 0.717) is 25.7 Å². The van der Waals surface area contributed by atoms with Gasteiger partial charge in [0.15, 0.2) is 11.5 Å². The van der Waals surface area contributed by atoms with Crippen LogP contribution >= 0.6 is 0 Å². The molecule has 0 radical (unpaired) electrons. The molecule has 4 heteroatoms. The molecule has 3 N–H and O–H groups in total. The first kappa shape index (κ1) is 14.7.